The van der Waals surface area contributed by atoms with Gasteiger partial charge in [-0.3, -0.25) is 10.1 Å². The van der Waals surface area contributed by atoms with Gasteiger partial charge in [-0.15, -0.1) is 0 Å². The Morgan fingerprint density at radius 1 is 1.43 bits per heavy atom. The second-order valence-electron chi connectivity index (χ2n) is 4.05. The smallest absolute Gasteiger partial charge is 0.312 e. The van der Waals surface area contributed by atoms with E-state index in [-0.39, 0.29) is 28.7 Å². The van der Waals surface area contributed by atoms with Crippen LogP contribution in [0.5, 0.6) is 11.6 Å². The Kier molecular flexibility index (Phi) is 3.95. The van der Waals surface area contributed by atoms with Gasteiger partial charge < -0.3 is 10.5 Å². The zero-order valence-corrected chi connectivity index (χ0v) is 11.1. The molecule has 8 nitrogen and oxygen atoms in total. The van der Waals surface area contributed by atoms with Crippen LogP contribution in [0.25, 0.3) is 0 Å². The topological polar surface area (TPSA) is 128 Å². The average Bonchev–Trinajstić information content (AvgIpc) is 2.46. The number of benzene rings is 1. The van der Waals surface area contributed by atoms with Crippen molar-refractivity contribution in [1.82, 2.24) is 9.97 Å². The number of nitro groups is 1. The number of nitrogens with two attached hydrogens (primary N) is 1. The van der Waals surface area contributed by atoms with E-state index >= 15 is 0 Å². The van der Waals surface area contributed by atoms with Gasteiger partial charge in [-0.25, -0.2) is 4.98 Å². The minimum Gasteiger partial charge on any atom is -0.432 e. The summed E-state index contributed by atoms with van der Waals surface area (Å²) in [7, 11) is 0. The molecule has 0 spiro atoms. The number of hydrogen-bond acceptors (Lipinski definition) is 7. The van der Waals surface area contributed by atoms with Gasteiger partial charge in [0.25, 0.3) is 0 Å². The van der Waals surface area contributed by atoms with Crippen molar-refractivity contribution >= 4 is 11.5 Å². The molecule has 2 rings (SSSR count). The third-order valence-corrected chi connectivity index (χ3v) is 2.58. The lowest BCUT2D eigenvalue weighted by atomic mass is 10.2. The normalized spacial score (nSPS) is 9.90. The summed E-state index contributed by atoms with van der Waals surface area (Å²) in [5.74, 6) is 0.792. The Balaban J connectivity index is 2.42. The van der Waals surface area contributed by atoms with Gasteiger partial charge in [-0.2, -0.15) is 10.2 Å². The Bertz CT molecular complexity index is 739. The largest absolute Gasteiger partial charge is 0.432 e. The van der Waals surface area contributed by atoms with Gasteiger partial charge in [-0.1, -0.05) is 6.92 Å². The highest BCUT2D eigenvalue weighted by Gasteiger charge is 2.17. The van der Waals surface area contributed by atoms with Crippen LogP contribution in [0.15, 0.2) is 24.3 Å². The van der Waals surface area contributed by atoms with E-state index in [0.717, 1.165) is 6.07 Å². The molecule has 0 aliphatic carbocycles. The Morgan fingerprint density at radius 3 is 2.81 bits per heavy atom. The van der Waals surface area contributed by atoms with Gasteiger partial charge >= 0.3 is 5.69 Å². The maximum Gasteiger partial charge on any atom is 0.312 e. The van der Waals surface area contributed by atoms with E-state index in [0.29, 0.717) is 12.2 Å². The van der Waals surface area contributed by atoms with Crippen molar-refractivity contribution in [3.63, 3.8) is 0 Å². The van der Waals surface area contributed by atoms with Crippen molar-refractivity contribution in [1.29, 1.82) is 5.26 Å². The second kappa shape index (κ2) is 5.83. The van der Waals surface area contributed by atoms with Gasteiger partial charge in [0.05, 0.1) is 16.6 Å². The fraction of sp³-hybridized carbons (Fsp3) is 0.154. The van der Waals surface area contributed by atoms with E-state index in [9.17, 15) is 10.1 Å². The van der Waals surface area contributed by atoms with Gasteiger partial charge in [0.1, 0.15) is 11.6 Å². The number of nitrogens with zero attached hydrogens (tertiary/aromatic N) is 4. The number of nitrogen functional groups attached to an aromatic ring is 1. The summed E-state index contributed by atoms with van der Waals surface area (Å²) in [4.78, 5) is 18.5. The van der Waals surface area contributed by atoms with E-state index in [4.69, 9.17) is 15.7 Å². The minimum absolute atomic E-state index is 0.0147. The molecule has 106 valence electrons. The number of rotatable bonds is 4. The lowest BCUT2D eigenvalue weighted by Gasteiger charge is -2.07. The molecule has 1 heterocycles. The minimum atomic E-state index is -0.624. The molecule has 0 unspecified atom stereocenters. The molecule has 0 amide bonds. The van der Waals surface area contributed by atoms with Crippen molar-refractivity contribution in [3.05, 3.63) is 45.8 Å². The highest BCUT2D eigenvalue weighted by atomic mass is 16.6. The first-order valence-electron chi connectivity index (χ1n) is 6.03. The summed E-state index contributed by atoms with van der Waals surface area (Å²) >= 11 is 0. The summed E-state index contributed by atoms with van der Waals surface area (Å²) < 4.78 is 5.41. The Labute approximate surface area is 120 Å². The number of nitro benzene ring substituents is 1. The maximum absolute atomic E-state index is 11.0. The molecule has 0 aliphatic rings. The molecule has 2 aromatic rings. The highest BCUT2D eigenvalue weighted by molar-refractivity contribution is 5.53. The standard InChI is InChI=1S/C13H11N5O3/c1-2-12-16-11(15)6-13(17-12)21-10-4-3-8(7-14)5-9(10)18(19)20/h3-6H,2H2,1H3,(H2,15,16,17). The number of aromatic nitrogens is 2. The molecular formula is C13H11N5O3. The first-order chi connectivity index (χ1) is 10.0. The monoisotopic (exact) mass is 285 g/mol. The van der Waals surface area contributed by atoms with Crippen LogP contribution in [0.4, 0.5) is 11.5 Å². The molecule has 0 saturated heterocycles. The van der Waals surface area contributed by atoms with Crippen molar-refractivity contribution in [3.8, 4) is 17.7 Å². The van der Waals surface area contributed by atoms with E-state index in [1.54, 1.807) is 0 Å². The third kappa shape index (κ3) is 3.22. The Morgan fingerprint density at radius 2 is 2.19 bits per heavy atom. The van der Waals surface area contributed by atoms with E-state index in [1.165, 1.54) is 18.2 Å². The van der Waals surface area contributed by atoms with Crippen LogP contribution in [0.2, 0.25) is 0 Å². The third-order valence-electron chi connectivity index (χ3n) is 2.58. The number of aryl methyl sites for hydroxylation is 1. The molecule has 0 atom stereocenters. The number of nitriles is 1. The molecule has 0 radical (unpaired) electrons. The molecule has 0 aliphatic heterocycles. The fourth-order valence-corrected chi connectivity index (χ4v) is 1.63. The molecule has 0 saturated carbocycles. The van der Waals surface area contributed by atoms with Crippen molar-refractivity contribution < 1.29 is 9.66 Å². The van der Waals surface area contributed by atoms with Crippen LogP contribution < -0.4 is 10.5 Å². The van der Waals surface area contributed by atoms with Crippen molar-refractivity contribution in [2.24, 2.45) is 0 Å². The second-order valence-corrected chi connectivity index (χ2v) is 4.05. The summed E-state index contributed by atoms with van der Waals surface area (Å²) in [5.41, 5.74) is 5.48. The number of hydrogen-bond donors (Lipinski definition) is 1. The van der Waals surface area contributed by atoms with Crippen LogP contribution >= 0.6 is 0 Å². The van der Waals surface area contributed by atoms with Crippen molar-refractivity contribution in [2.45, 2.75) is 13.3 Å². The molecule has 1 aromatic heterocycles. The van der Waals surface area contributed by atoms with E-state index in [2.05, 4.69) is 9.97 Å². The van der Waals surface area contributed by atoms with Crippen LogP contribution in [-0.2, 0) is 6.42 Å². The van der Waals surface area contributed by atoms with E-state index in [1.807, 2.05) is 13.0 Å². The van der Waals surface area contributed by atoms with Crippen LogP contribution in [0, 0.1) is 21.4 Å². The first-order valence-corrected chi connectivity index (χ1v) is 6.03. The van der Waals surface area contributed by atoms with Gasteiger partial charge in [0.2, 0.25) is 11.6 Å². The maximum atomic E-state index is 11.0. The molecule has 21 heavy (non-hydrogen) atoms. The van der Waals surface area contributed by atoms with Crippen LogP contribution in [0.3, 0.4) is 0 Å². The van der Waals surface area contributed by atoms with Gasteiger partial charge in [-0.05, 0) is 12.1 Å². The Hall–Kier alpha value is -3.21. The summed E-state index contributed by atoms with van der Waals surface area (Å²) in [6.45, 7) is 1.85. The number of anilines is 1. The molecule has 0 fully saturated rings. The quantitative estimate of drug-likeness (QED) is 0.673. The molecule has 0 bridgehead atoms. The molecular weight excluding hydrogens is 274 g/mol. The van der Waals surface area contributed by atoms with Gasteiger partial charge in [0.15, 0.2) is 0 Å². The van der Waals surface area contributed by atoms with Gasteiger partial charge in [0, 0.05) is 18.6 Å². The lowest BCUT2D eigenvalue weighted by molar-refractivity contribution is -0.385. The fourth-order valence-electron chi connectivity index (χ4n) is 1.63. The van der Waals surface area contributed by atoms with Crippen LogP contribution in [-0.4, -0.2) is 14.9 Å². The summed E-state index contributed by atoms with van der Waals surface area (Å²) in [5, 5.41) is 19.8. The SMILES string of the molecule is CCc1nc(N)cc(Oc2ccc(C#N)cc2[N+](=O)[O-])n1. The lowest BCUT2D eigenvalue weighted by Crippen LogP contribution is -2.01. The zero-order chi connectivity index (χ0) is 15.4. The predicted octanol–water partition coefficient (Wildman–Crippen LogP) is 2.19. The van der Waals surface area contributed by atoms with Crippen LogP contribution in [0.1, 0.15) is 18.3 Å². The number of ether oxygens (including phenoxy) is 1. The summed E-state index contributed by atoms with van der Waals surface area (Å²) in [6, 6.07) is 7.12. The van der Waals surface area contributed by atoms with Crippen molar-refractivity contribution in [2.75, 3.05) is 5.73 Å². The average molecular weight is 285 g/mol. The predicted molar refractivity (Wildman–Crippen MR) is 73.7 cm³/mol. The molecule has 8 heteroatoms. The molecule has 1 aromatic carbocycles. The highest BCUT2D eigenvalue weighted by Crippen LogP contribution is 2.31. The van der Waals surface area contributed by atoms with E-state index < -0.39 is 4.92 Å². The first kappa shape index (κ1) is 14.2. The summed E-state index contributed by atoms with van der Waals surface area (Å²) in [6.07, 6.45) is 0.552. The zero-order valence-electron chi connectivity index (χ0n) is 11.1. The molecule has 2 N–H and O–H groups in total.